The number of hydrogen-bond donors (Lipinski definition) is 0. The summed E-state index contributed by atoms with van der Waals surface area (Å²) >= 11 is 0. The van der Waals surface area contributed by atoms with Crippen LogP contribution in [0, 0.1) is 6.92 Å². The number of aromatic nitrogens is 3. The Kier molecular flexibility index (Phi) is 4.96. The average Bonchev–Trinajstić information content (AvgIpc) is 2.76. The molecule has 2 aromatic heterocycles. The van der Waals surface area contributed by atoms with Gasteiger partial charge in [-0.25, -0.2) is 4.79 Å². The van der Waals surface area contributed by atoms with E-state index in [1.807, 2.05) is 73.7 Å². The standard InChI is InChI=1S/C24H21N3O2/c1-17-20(14-9-15-25-17)21-16-27(24(29)26(2)23(21)28)22(18-10-5-3-6-11-18)19-12-7-4-8-13-19/h3-16,22H,1-2H3. The highest BCUT2D eigenvalue weighted by Crippen LogP contribution is 2.26. The monoisotopic (exact) mass is 383 g/mol. The lowest BCUT2D eigenvalue weighted by Gasteiger charge is -2.22. The Balaban J connectivity index is 2.03. The fourth-order valence-corrected chi connectivity index (χ4v) is 3.61. The third-order valence-corrected chi connectivity index (χ3v) is 5.12. The van der Waals surface area contributed by atoms with Crippen LogP contribution in [0.15, 0.2) is 94.8 Å². The lowest BCUT2D eigenvalue weighted by molar-refractivity contribution is 0.586. The van der Waals surface area contributed by atoms with Crippen LogP contribution in [0.4, 0.5) is 0 Å². The van der Waals surface area contributed by atoms with Gasteiger partial charge in [0.2, 0.25) is 0 Å². The smallest absolute Gasteiger partial charge is 0.288 e. The van der Waals surface area contributed by atoms with Gasteiger partial charge in [-0.3, -0.25) is 18.9 Å². The molecule has 5 heteroatoms. The van der Waals surface area contributed by atoms with Gasteiger partial charge >= 0.3 is 5.69 Å². The summed E-state index contributed by atoms with van der Waals surface area (Å²) < 4.78 is 2.80. The first-order chi connectivity index (χ1) is 14.1. The van der Waals surface area contributed by atoms with E-state index in [-0.39, 0.29) is 17.3 Å². The summed E-state index contributed by atoms with van der Waals surface area (Å²) in [7, 11) is 1.52. The van der Waals surface area contributed by atoms with Crippen LogP contribution in [0.25, 0.3) is 11.1 Å². The molecular formula is C24H21N3O2. The SMILES string of the molecule is Cc1ncccc1-c1cn(C(c2ccccc2)c2ccccc2)c(=O)n(C)c1=O. The van der Waals surface area contributed by atoms with Crippen molar-refractivity contribution in [3.05, 3.63) is 123 Å². The average molecular weight is 383 g/mol. The molecule has 0 saturated carbocycles. The van der Waals surface area contributed by atoms with Crippen molar-refractivity contribution in [2.24, 2.45) is 7.05 Å². The van der Waals surface area contributed by atoms with Gasteiger partial charge < -0.3 is 0 Å². The minimum absolute atomic E-state index is 0.331. The zero-order chi connectivity index (χ0) is 20.4. The third-order valence-electron chi connectivity index (χ3n) is 5.12. The second-order valence-corrected chi connectivity index (χ2v) is 6.96. The number of aryl methyl sites for hydroxylation is 1. The molecule has 0 spiro atoms. The van der Waals surface area contributed by atoms with Crippen LogP contribution in [-0.2, 0) is 7.05 Å². The van der Waals surface area contributed by atoms with Crippen molar-refractivity contribution in [2.75, 3.05) is 0 Å². The summed E-state index contributed by atoms with van der Waals surface area (Å²) in [5.41, 5.74) is 3.16. The Hall–Kier alpha value is -3.73. The maximum atomic E-state index is 13.2. The summed E-state index contributed by atoms with van der Waals surface area (Å²) in [6, 6.07) is 22.9. The first kappa shape index (κ1) is 18.6. The fourth-order valence-electron chi connectivity index (χ4n) is 3.61. The van der Waals surface area contributed by atoms with Crippen LogP contribution in [0.1, 0.15) is 22.9 Å². The highest BCUT2D eigenvalue weighted by atomic mass is 16.2. The molecule has 0 N–H and O–H groups in total. The molecule has 4 rings (SSSR count). The highest BCUT2D eigenvalue weighted by molar-refractivity contribution is 5.63. The Morgan fingerprint density at radius 2 is 1.38 bits per heavy atom. The van der Waals surface area contributed by atoms with Crippen molar-refractivity contribution in [1.82, 2.24) is 14.1 Å². The molecule has 0 aliphatic rings. The number of nitrogens with zero attached hydrogens (tertiary/aromatic N) is 3. The van der Waals surface area contributed by atoms with Crippen molar-refractivity contribution in [3.63, 3.8) is 0 Å². The van der Waals surface area contributed by atoms with Gasteiger partial charge in [-0.2, -0.15) is 0 Å². The Morgan fingerprint density at radius 1 is 0.793 bits per heavy atom. The molecule has 2 aromatic carbocycles. The molecule has 0 aliphatic carbocycles. The number of benzene rings is 2. The van der Waals surface area contributed by atoms with Crippen LogP contribution >= 0.6 is 0 Å². The zero-order valence-corrected chi connectivity index (χ0v) is 16.3. The lowest BCUT2D eigenvalue weighted by Crippen LogP contribution is -2.40. The molecule has 0 aliphatic heterocycles. The second kappa shape index (κ2) is 7.72. The molecule has 4 aromatic rings. The van der Waals surface area contributed by atoms with Gasteiger partial charge in [0.1, 0.15) is 0 Å². The van der Waals surface area contributed by atoms with Gasteiger partial charge in [-0.05, 0) is 24.1 Å². The normalized spacial score (nSPS) is 11.0. The summed E-state index contributed by atoms with van der Waals surface area (Å²) in [6.07, 6.45) is 3.36. The molecule has 2 heterocycles. The molecule has 0 fully saturated rings. The van der Waals surface area contributed by atoms with Crippen LogP contribution in [0.5, 0.6) is 0 Å². The third kappa shape index (κ3) is 3.43. The van der Waals surface area contributed by atoms with Gasteiger partial charge in [-0.15, -0.1) is 0 Å². The maximum Gasteiger partial charge on any atom is 0.331 e. The van der Waals surface area contributed by atoms with Gasteiger partial charge in [0.05, 0.1) is 11.6 Å². The van der Waals surface area contributed by atoms with E-state index in [2.05, 4.69) is 4.98 Å². The van der Waals surface area contributed by atoms with Crippen LogP contribution in [-0.4, -0.2) is 14.1 Å². The van der Waals surface area contributed by atoms with Crippen LogP contribution in [0.2, 0.25) is 0 Å². The molecule has 0 saturated heterocycles. The summed E-state index contributed by atoms with van der Waals surface area (Å²) in [5.74, 6) is 0. The minimum atomic E-state index is -0.363. The number of rotatable bonds is 4. The van der Waals surface area contributed by atoms with Crippen molar-refractivity contribution < 1.29 is 0 Å². The van der Waals surface area contributed by atoms with Crippen molar-refractivity contribution in [3.8, 4) is 11.1 Å². The topological polar surface area (TPSA) is 56.9 Å². The first-order valence-corrected chi connectivity index (χ1v) is 9.42. The summed E-state index contributed by atoms with van der Waals surface area (Å²) in [5, 5.41) is 0. The largest absolute Gasteiger partial charge is 0.331 e. The maximum absolute atomic E-state index is 13.2. The van der Waals surface area contributed by atoms with Gasteiger partial charge in [-0.1, -0.05) is 66.7 Å². The summed E-state index contributed by atoms with van der Waals surface area (Å²) in [4.78, 5) is 30.4. The van der Waals surface area contributed by atoms with E-state index in [1.165, 1.54) is 11.6 Å². The highest BCUT2D eigenvalue weighted by Gasteiger charge is 2.21. The molecule has 144 valence electrons. The van der Waals surface area contributed by atoms with Crippen LogP contribution in [0.3, 0.4) is 0 Å². The number of hydrogen-bond acceptors (Lipinski definition) is 3. The molecule has 0 amide bonds. The van der Waals surface area contributed by atoms with E-state index < -0.39 is 0 Å². The molecular weight excluding hydrogens is 362 g/mol. The van der Waals surface area contributed by atoms with Crippen molar-refractivity contribution >= 4 is 0 Å². The van der Waals surface area contributed by atoms with E-state index in [4.69, 9.17) is 0 Å². The number of pyridine rings is 1. The zero-order valence-electron chi connectivity index (χ0n) is 16.3. The van der Waals surface area contributed by atoms with Crippen molar-refractivity contribution in [1.29, 1.82) is 0 Å². The Morgan fingerprint density at radius 3 is 1.93 bits per heavy atom. The molecule has 0 unspecified atom stereocenters. The fraction of sp³-hybridized carbons (Fsp3) is 0.125. The predicted molar refractivity (Wildman–Crippen MR) is 114 cm³/mol. The molecule has 0 radical (unpaired) electrons. The van der Waals surface area contributed by atoms with Gasteiger partial charge in [0.25, 0.3) is 5.56 Å². The molecule has 29 heavy (non-hydrogen) atoms. The lowest BCUT2D eigenvalue weighted by atomic mass is 9.98. The quantitative estimate of drug-likeness (QED) is 0.541. The van der Waals surface area contributed by atoms with Gasteiger partial charge in [0.15, 0.2) is 0 Å². The summed E-state index contributed by atoms with van der Waals surface area (Å²) in [6.45, 7) is 1.86. The van der Waals surface area contributed by atoms with Gasteiger partial charge in [0, 0.05) is 30.7 Å². The van der Waals surface area contributed by atoms with Crippen molar-refractivity contribution in [2.45, 2.75) is 13.0 Å². The Bertz CT molecular complexity index is 1220. The van der Waals surface area contributed by atoms with E-state index in [9.17, 15) is 9.59 Å². The van der Waals surface area contributed by atoms with E-state index in [1.54, 1.807) is 23.0 Å². The van der Waals surface area contributed by atoms with Crippen LogP contribution < -0.4 is 11.2 Å². The molecule has 0 bridgehead atoms. The first-order valence-electron chi connectivity index (χ1n) is 9.42. The van der Waals surface area contributed by atoms with E-state index in [0.29, 0.717) is 5.56 Å². The molecule has 0 atom stereocenters. The molecule has 5 nitrogen and oxygen atoms in total. The second-order valence-electron chi connectivity index (χ2n) is 6.96. The van der Waals surface area contributed by atoms with E-state index >= 15 is 0 Å². The predicted octanol–water partition coefficient (Wildman–Crippen LogP) is 3.56. The van der Waals surface area contributed by atoms with E-state index in [0.717, 1.165) is 22.4 Å². The minimum Gasteiger partial charge on any atom is -0.288 e. The Labute approximate surface area is 168 Å².